The van der Waals surface area contributed by atoms with E-state index in [1.807, 2.05) is 35.4 Å². The molecule has 2 aliphatic rings. The molecule has 1 aromatic heterocycles. The molecule has 2 aromatic rings. The molecular formula is C19H23N3O2. The molecule has 1 aliphatic heterocycles. The number of fused-ring (bicyclic) bond motifs is 1. The van der Waals surface area contributed by atoms with E-state index >= 15 is 0 Å². The Morgan fingerprint density at radius 3 is 2.79 bits per heavy atom. The normalized spacial score (nSPS) is 21.5. The summed E-state index contributed by atoms with van der Waals surface area (Å²) in [6.07, 6.45) is 7.08. The Morgan fingerprint density at radius 2 is 1.96 bits per heavy atom. The number of nitrogens with zero attached hydrogens (tertiary/aromatic N) is 1. The standard InChI is InChI=1S/C19H23N3O2/c23-18(16-7-3-6-13-8-10-20-17(13)16)21-15-9-11-22(12-15)19(24)14-4-1-2-5-14/h3,6-8,10,14-15,20H,1-2,4-5,9,11-12H2,(H,21,23)/t15-/m1/s1. The predicted molar refractivity (Wildman–Crippen MR) is 92.7 cm³/mol. The minimum absolute atomic E-state index is 0.0491. The van der Waals surface area contributed by atoms with Crippen LogP contribution in [0.25, 0.3) is 10.9 Å². The number of aromatic amines is 1. The highest BCUT2D eigenvalue weighted by Gasteiger charge is 2.32. The second-order valence-electron chi connectivity index (χ2n) is 6.97. The van der Waals surface area contributed by atoms with Crippen molar-refractivity contribution in [1.29, 1.82) is 0 Å². The van der Waals surface area contributed by atoms with Crippen LogP contribution >= 0.6 is 0 Å². The van der Waals surface area contributed by atoms with Crippen molar-refractivity contribution in [3.8, 4) is 0 Å². The molecule has 1 atom stereocenters. The highest BCUT2D eigenvalue weighted by atomic mass is 16.2. The molecule has 2 fully saturated rings. The van der Waals surface area contributed by atoms with Crippen LogP contribution in [0.15, 0.2) is 30.5 Å². The molecule has 0 radical (unpaired) electrons. The third-order valence-corrected chi connectivity index (χ3v) is 5.37. The molecule has 2 heterocycles. The van der Waals surface area contributed by atoms with Gasteiger partial charge in [0.1, 0.15) is 0 Å². The Kier molecular flexibility index (Phi) is 4.00. The first-order valence-electron chi connectivity index (χ1n) is 8.88. The number of amides is 2. The number of benzene rings is 1. The van der Waals surface area contributed by atoms with Gasteiger partial charge in [-0.15, -0.1) is 0 Å². The minimum Gasteiger partial charge on any atom is -0.361 e. The molecule has 2 amide bonds. The van der Waals surface area contributed by atoms with E-state index in [0.29, 0.717) is 12.1 Å². The summed E-state index contributed by atoms with van der Waals surface area (Å²) in [5.41, 5.74) is 1.53. The average Bonchev–Trinajstić information content (AvgIpc) is 3.34. The Balaban J connectivity index is 1.40. The zero-order valence-corrected chi connectivity index (χ0v) is 13.8. The van der Waals surface area contributed by atoms with Crippen LogP contribution in [0.5, 0.6) is 0 Å². The van der Waals surface area contributed by atoms with Crippen LogP contribution in [-0.4, -0.2) is 40.8 Å². The molecule has 24 heavy (non-hydrogen) atoms. The predicted octanol–water partition coefficient (Wildman–Crippen LogP) is 2.69. The molecule has 1 saturated carbocycles. The van der Waals surface area contributed by atoms with E-state index in [4.69, 9.17) is 0 Å². The van der Waals surface area contributed by atoms with Gasteiger partial charge in [-0.3, -0.25) is 9.59 Å². The van der Waals surface area contributed by atoms with Crippen molar-refractivity contribution in [1.82, 2.24) is 15.2 Å². The van der Waals surface area contributed by atoms with Crippen LogP contribution in [-0.2, 0) is 4.79 Å². The average molecular weight is 325 g/mol. The number of hydrogen-bond acceptors (Lipinski definition) is 2. The lowest BCUT2D eigenvalue weighted by Gasteiger charge is -2.20. The monoisotopic (exact) mass is 325 g/mol. The largest absolute Gasteiger partial charge is 0.361 e. The Morgan fingerprint density at radius 1 is 1.12 bits per heavy atom. The van der Waals surface area contributed by atoms with Gasteiger partial charge in [0.25, 0.3) is 5.91 Å². The number of rotatable bonds is 3. The molecule has 0 spiro atoms. The molecule has 0 unspecified atom stereocenters. The number of para-hydroxylation sites is 1. The maximum absolute atomic E-state index is 12.6. The minimum atomic E-state index is -0.0665. The second kappa shape index (κ2) is 6.30. The van der Waals surface area contributed by atoms with Crippen molar-refractivity contribution in [2.75, 3.05) is 13.1 Å². The van der Waals surface area contributed by atoms with E-state index in [1.54, 1.807) is 0 Å². The van der Waals surface area contributed by atoms with Crippen molar-refractivity contribution in [3.63, 3.8) is 0 Å². The molecule has 5 heteroatoms. The summed E-state index contributed by atoms with van der Waals surface area (Å²) in [4.78, 5) is 30.2. The molecule has 1 aliphatic carbocycles. The van der Waals surface area contributed by atoms with Gasteiger partial charge < -0.3 is 15.2 Å². The number of aromatic nitrogens is 1. The summed E-state index contributed by atoms with van der Waals surface area (Å²) in [6.45, 7) is 1.40. The quantitative estimate of drug-likeness (QED) is 0.911. The van der Waals surface area contributed by atoms with Crippen molar-refractivity contribution in [3.05, 3.63) is 36.0 Å². The van der Waals surface area contributed by atoms with E-state index < -0.39 is 0 Å². The van der Waals surface area contributed by atoms with Gasteiger partial charge in [-0.2, -0.15) is 0 Å². The Bertz CT molecular complexity index is 761. The van der Waals surface area contributed by atoms with E-state index in [1.165, 1.54) is 12.8 Å². The fraction of sp³-hybridized carbons (Fsp3) is 0.474. The van der Waals surface area contributed by atoms with Crippen LogP contribution in [0.4, 0.5) is 0 Å². The van der Waals surface area contributed by atoms with Gasteiger partial charge >= 0.3 is 0 Å². The molecule has 4 rings (SSSR count). The van der Waals surface area contributed by atoms with Crippen LogP contribution in [0.3, 0.4) is 0 Å². The second-order valence-corrected chi connectivity index (χ2v) is 6.97. The summed E-state index contributed by atoms with van der Waals surface area (Å²) in [5.74, 6) is 0.436. The fourth-order valence-corrected chi connectivity index (χ4v) is 4.05. The molecular weight excluding hydrogens is 302 g/mol. The van der Waals surface area contributed by atoms with Crippen LogP contribution in [0.2, 0.25) is 0 Å². The highest BCUT2D eigenvalue weighted by Crippen LogP contribution is 2.28. The molecule has 0 bridgehead atoms. The Hall–Kier alpha value is -2.30. The van der Waals surface area contributed by atoms with E-state index in [0.717, 1.165) is 36.7 Å². The van der Waals surface area contributed by atoms with Gasteiger partial charge in [-0.1, -0.05) is 25.0 Å². The maximum atomic E-state index is 12.6. The topological polar surface area (TPSA) is 65.2 Å². The summed E-state index contributed by atoms with van der Waals surface area (Å²) in [5, 5.41) is 4.13. The lowest BCUT2D eigenvalue weighted by molar-refractivity contribution is -0.134. The van der Waals surface area contributed by atoms with Crippen molar-refractivity contribution in [2.45, 2.75) is 38.1 Å². The van der Waals surface area contributed by atoms with E-state index in [2.05, 4.69) is 10.3 Å². The molecule has 5 nitrogen and oxygen atoms in total. The fourth-order valence-electron chi connectivity index (χ4n) is 4.05. The molecule has 1 saturated heterocycles. The van der Waals surface area contributed by atoms with Crippen molar-refractivity contribution >= 4 is 22.7 Å². The third-order valence-electron chi connectivity index (χ3n) is 5.37. The maximum Gasteiger partial charge on any atom is 0.253 e. The lowest BCUT2D eigenvalue weighted by Crippen LogP contribution is -2.39. The number of carbonyl (C=O) groups excluding carboxylic acids is 2. The smallest absolute Gasteiger partial charge is 0.253 e. The summed E-state index contributed by atoms with van der Waals surface area (Å²) in [6, 6.07) is 7.73. The number of H-pyrrole nitrogens is 1. The lowest BCUT2D eigenvalue weighted by atomic mass is 10.1. The highest BCUT2D eigenvalue weighted by molar-refractivity contribution is 6.05. The SMILES string of the molecule is O=C(N[C@@H]1CCN(C(=O)C2CCCC2)C1)c1cccc2cc[nH]c12. The van der Waals surface area contributed by atoms with Gasteiger partial charge in [-0.25, -0.2) is 0 Å². The number of hydrogen-bond donors (Lipinski definition) is 2. The van der Waals surface area contributed by atoms with Crippen LogP contribution in [0.1, 0.15) is 42.5 Å². The Labute approximate surface area is 141 Å². The van der Waals surface area contributed by atoms with Gasteiger partial charge in [0.05, 0.1) is 11.1 Å². The zero-order valence-electron chi connectivity index (χ0n) is 13.8. The molecule has 2 N–H and O–H groups in total. The first kappa shape index (κ1) is 15.2. The van der Waals surface area contributed by atoms with Crippen molar-refractivity contribution in [2.24, 2.45) is 5.92 Å². The van der Waals surface area contributed by atoms with Crippen molar-refractivity contribution < 1.29 is 9.59 Å². The first-order chi connectivity index (χ1) is 11.7. The van der Waals surface area contributed by atoms with Gasteiger partial charge in [0, 0.05) is 36.6 Å². The number of nitrogens with one attached hydrogen (secondary N) is 2. The van der Waals surface area contributed by atoms with Gasteiger partial charge in [0.2, 0.25) is 5.91 Å². The zero-order chi connectivity index (χ0) is 16.5. The summed E-state index contributed by atoms with van der Waals surface area (Å²) < 4.78 is 0. The summed E-state index contributed by atoms with van der Waals surface area (Å²) in [7, 11) is 0. The molecule has 1 aromatic carbocycles. The molecule has 126 valence electrons. The van der Waals surface area contributed by atoms with Crippen LogP contribution < -0.4 is 5.32 Å². The number of likely N-dealkylation sites (tertiary alicyclic amines) is 1. The first-order valence-corrected chi connectivity index (χ1v) is 8.88. The van der Waals surface area contributed by atoms with E-state index in [-0.39, 0.29) is 23.8 Å². The third kappa shape index (κ3) is 2.79. The van der Waals surface area contributed by atoms with Gasteiger partial charge in [-0.05, 0) is 31.4 Å². The summed E-state index contributed by atoms with van der Waals surface area (Å²) >= 11 is 0. The van der Waals surface area contributed by atoms with Gasteiger partial charge in [0.15, 0.2) is 0 Å². The van der Waals surface area contributed by atoms with Crippen LogP contribution in [0, 0.1) is 5.92 Å². The van der Waals surface area contributed by atoms with E-state index in [9.17, 15) is 9.59 Å². The number of carbonyl (C=O) groups is 2.